The van der Waals surface area contributed by atoms with Crippen molar-refractivity contribution in [1.29, 1.82) is 0 Å². The molecule has 4 nitrogen and oxygen atoms in total. The molecule has 0 heterocycles. The van der Waals surface area contributed by atoms with Gasteiger partial charge in [0.1, 0.15) is 6.23 Å². The third-order valence-electron chi connectivity index (χ3n) is 0.980. The monoisotopic (exact) mass is 134 g/mol. The van der Waals surface area contributed by atoms with Gasteiger partial charge in [0.05, 0.1) is 6.61 Å². The van der Waals surface area contributed by atoms with Crippen molar-refractivity contribution in [2.24, 2.45) is 5.73 Å². The molecule has 0 rings (SSSR count). The third kappa shape index (κ3) is 5.72. The topological polar surface area (TPSA) is 69.7 Å². The molecule has 0 aliphatic heterocycles. The van der Waals surface area contributed by atoms with Crippen LogP contribution < -0.4 is 5.73 Å². The highest BCUT2D eigenvalue weighted by atomic mass is 16.3. The molecule has 56 valence electrons. The maximum atomic E-state index is 8.60. The highest BCUT2D eigenvalue weighted by molar-refractivity contribution is 4.52. The van der Waals surface area contributed by atoms with Crippen LogP contribution in [0.4, 0.5) is 0 Å². The van der Waals surface area contributed by atoms with Crippen LogP contribution in [0.25, 0.3) is 0 Å². The zero-order chi connectivity index (χ0) is 7.28. The fourth-order valence-corrected chi connectivity index (χ4v) is 0.581. The summed E-state index contributed by atoms with van der Waals surface area (Å²) < 4.78 is 0. The predicted octanol–water partition coefficient (Wildman–Crippen LogP) is -1.81. The van der Waals surface area contributed by atoms with Gasteiger partial charge < -0.3 is 20.8 Å². The molecule has 0 aromatic carbocycles. The highest BCUT2D eigenvalue weighted by Gasteiger charge is 2.00. The van der Waals surface area contributed by atoms with E-state index in [0.29, 0.717) is 13.1 Å². The van der Waals surface area contributed by atoms with Gasteiger partial charge in [0.2, 0.25) is 0 Å². The Balaban J connectivity index is 3.15. The third-order valence-corrected chi connectivity index (χ3v) is 0.980. The molecular weight excluding hydrogens is 120 g/mol. The molecule has 0 fully saturated rings. The fraction of sp³-hybridized carbons (Fsp3) is 1.00. The van der Waals surface area contributed by atoms with Gasteiger partial charge >= 0.3 is 0 Å². The fourth-order valence-electron chi connectivity index (χ4n) is 0.581. The molecule has 0 bridgehead atoms. The zero-order valence-electron chi connectivity index (χ0n) is 5.62. The van der Waals surface area contributed by atoms with Crippen LogP contribution in [0.15, 0.2) is 0 Å². The summed E-state index contributed by atoms with van der Waals surface area (Å²) >= 11 is 0. The summed E-state index contributed by atoms with van der Waals surface area (Å²) in [4.78, 5) is 1.75. The Morgan fingerprint density at radius 1 is 1.67 bits per heavy atom. The molecule has 4 heteroatoms. The van der Waals surface area contributed by atoms with Gasteiger partial charge in [-0.05, 0) is 7.05 Å². The van der Waals surface area contributed by atoms with E-state index in [1.165, 1.54) is 0 Å². The smallest absolute Gasteiger partial charge is 0.115 e. The van der Waals surface area contributed by atoms with Crippen LogP contribution in [0.2, 0.25) is 0 Å². The van der Waals surface area contributed by atoms with Gasteiger partial charge in [0, 0.05) is 13.1 Å². The predicted molar refractivity (Wildman–Crippen MR) is 34.8 cm³/mol. The molecule has 0 saturated heterocycles. The van der Waals surface area contributed by atoms with Crippen molar-refractivity contribution in [3.05, 3.63) is 0 Å². The van der Waals surface area contributed by atoms with Crippen LogP contribution in [0, 0.1) is 0 Å². The Hall–Kier alpha value is -0.160. The molecule has 1 unspecified atom stereocenters. The van der Waals surface area contributed by atoms with Crippen LogP contribution >= 0.6 is 0 Å². The Bertz CT molecular complexity index is 68.0. The lowest BCUT2D eigenvalue weighted by atomic mass is 10.5. The average Bonchev–Trinajstić information content (AvgIpc) is 1.63. The number of nitrogens with zero attached hydrogens (tertiary/aromatic N) is 1. The van der Waals surface area contributed by atoms with Gasteiger partial charge in [-0.25, -0.2) is 0 Å². The molecule has 0 aromatic rings. The molecular formula is C5H14N2O2. The summed E-state index contributed by atoms with van der Waals surface area (Å²) in [5, 5.41) is 17.0. The van der Waals surface area contributed by atoms with E-state index in [1.807, 2.05) is 0 Å². The van der Waals surface area contributed by atoms with E-state index in [-0.39, 0.29) is 6.61 Å². The Morgan fingerprint density at radius 3 is 2.56 bits per heavy atom. The second-order valence-electron chi connectivity index (χ2n) is 2.05. The minimum absolute atomic E-state index is 0.100. The highest BCUT2D eigenvalue weighted by Crippen LogP contribution is 1.80. The number of nitrogens with two attached hydrogens (primary N) is 1. The second-order valence-corrected chi connectivity index (χ2v) is 2.05. The molecule has 0 aromatic heterocycles. The normalized spacial score (nSPS) is 14.3. The lowest BCUT2D eigenvalue weighted by Gasteiger charge is -2.15. The first-order chi connectivity index (χ1) is 4.16. The number of aliphatic hydroxyl groups is 2. The Kier molecular flexibility index (Phi) is 4.61. The quantitative estimate of drug-likeness (QED) is 0.396. The molecule has 0 radical (unpaired) electrons. The summed E-state index contributed by atoms with van der Waals surface area (Å²) in [7, 11) is 1.78. The minimum Gasteiger partial charge on any atom is -0.395 e. The molecule has 0 aliphatic carbocycles. The first kappa shape index (κ1) is 8.84. The zero-order valence-corrected chi connectivity index (χ0v) is 5.62. The van der Waals surface area contributed by atoms with E-state index in [4.69, 9.17) is 15.9 Å². The molecule has 0 spiro atoms. The molecule has 1 atom stereocenters. The van der Waals surface area contributed by atoms with E-state index in [1.54, 1.807) is 11.9 Å². The first-order valence-electron chi connectivity index (χ1n) is 2.90. The maximum absolute atomic E-state index is 8.60. The lowest BCUT2D eigenvalue weighted by Crippen LogP contribution is -2.36. The van der Waals surface area contributed by atoms with Crippen molar-refractivity contribution in [1.82, 2.24) is 4.90 Å². The summed E-state index contributed by atoms with van der Waals surface area (Å²) in [5.74, 6) is 0. The van der Waals surface area contributed by atoms with Gasteiger partial charge in [0.25, 0.3) is 0 Å². The summed E-state index contributed by atoms with van der Waals surface area (Å²) in [6, 6.07) is 0. The van der Waals surface area contributed by atoms with Crippen LogP contribution in [0.1, 0.15) is 0 Å². The van der Waals surface area contributed by atoms with Crippen LogP contribution in [0.5, 0.6) is 0 Å². The maximum Gasteiger partial charge on any atom is 0.115 e. The molecule has 4 N–H and O–H groups in total. The van der Waals surface area contributed by atoms with Crippen molar-refractivity contribution in [2.75, 3.05) is 26.7 Å². The van der Waals surface area contributed by atoms with Gasteiger partial charge in [-0.15, -0.1) is 0 Å². The Morgan fingerprint density at radius 2 is 2.22 bits per heavy atom. The first-order valence-corrected chi connectivity index (χ1v) is 2.90. The van der Waals surface area contributed by atoms with Gasteiger partial charge in [0.15, 0.2) is 0 Å². The number of hydrogen-bond acceptors (Lipinski definition) is 4. The average molecular weight is 134 g/mol. The van der Waals surface area contributed by atoms with E-state index in [9.17, 15) is 0 Å². The minimum atomic E-state index is -0.804. The summed E-state index contributed by atoms with van der Waals surface area (Å²) in [6.07, 6.45) is -0.804. The van der Waals surface area contributed by atoms with Gasteiger partial charge in [-0.3, -0.25) is 0 Å². The standard InChI is InChI=1S/C5H14N2O2/c1-7(2-3-8)4-5(6)9/h5,8-9H,2-4,6H2,1H3. The van der Waals surface area contributed by atoms with E-state index in [0.717, 1.165) is 0 Å². The van der Waals surface area contributed by atoms with Gasteiger partial charge in [-0.1, -0.05) is 0 Å². The number of aliphatic hydroxyl groups excluding tert-OH is 2. The van der Waals surface area contributed by atoms with Crippen molar-refractivity contribution in [3.8, 4) is 0 Å². The number of hydrogen-bond donors (Lipinski definition) is 3. The lowest BCUT2D eigenvalue weighted by molar-refractivity contribution is 0.119. The van der Waals surface area contributed by atoms with Gasteiger partial charge in [-0.2, -0.15) is 0 Å². The molecule has 0 saturated carbocycles. The van der Waals surface area contributed by atoms with Crippen LogP contribution in [-0.2, 0) is 0 Å². The SMILES string of the molecule is CN(CCO)CC(N)O. The van der Waals surface area contributed by atoms with E-state index >= 15 is 0 Å². The summed E-state index contributed by atoms with van der Waals surface area (Å²) in [5.41, 5.74) is 5.06. The van der Waals surface area contributed by atoms with Crippen molar-refractivity contribution < 1.29 is 10.2 Å². The van der Waals surface area contributed by atoms with Crippen LogP contribution in [0.3, 0.4) is 0 Å². The molecule has 0 amide bonds. The molecule has 0 aliphatic rings. The van der Waals surface area contributed by atoms with E-state index in [2.05, 4.69) is 0 Å². The van der Waals surface area contributed by atoms with Crippen molar-refractivity contribution in [2.45, 2.75) is 6.23 Å². The number of rotatable bonds is 4. The van der Waals surface area contributed by atoms with Crippen molar-refractivity contribution >= 4 is 0 Å². The number of likely N-dealkylation sites (N-methyl/N-ethyl adjacent to an activating group) is 1. The van der Waals surface area contributed by atoms with Crippen molar-refractivity contribution in [3.63, 3.8) is 0 Å². The van der Waals surface area contributed by atoms with E-state index < -0.39 is 6.23 Å². The molecule has 9 heavy (non-hydrogen) atoms. The Labute approximate surface area is 54.9 Å². The summed E-state index contributed by atoms with van der Waals surface area (Å²) in [6.45, 7) is 1.05. The van der Waals surface area contributed by atoms with Crippen LogP contribution in [-0.4, -0.2) is 48.1 Å². The largest absolute Gasteiger partial charge is 0.395 e. The second kappa shape index (κ2) is 4.69.